The van der Waals surface area contributed by atoms with E-state index >= 15 is 0 Å². The molecule has 0 radical (unpaired) electrons. The van der Waals surface area contributed by atoms with Gasteiger partial charge in [-0.3, -0.25) is 0 Å². The van der Waals surface area contributed by atoms with Crippen LogP contribution in [0.1, 0.15) is 12.8 Å². The molecule has 0 aromatic carbocycles. The van der Waals surface area contributed by atoms with E-state index in [-0.39, 0.29) is 0 Å². The topological polar surface area (TPSA) is 6.48 Å². The second-order valence-electron chi connectivity index (χ2n) is 4.54. The highest BCUT2D eigenvalue weighted by Gasteiger charge is 2.24. The van der Waals surface area contributed by atoms with Crippen LogP contribution in [0, 0.1) is 0 Å². The van der Waals surface area contributed by atoms with Crippen molar-refractivity contribution in [2.75, 3.05) is 40.3 Å². The third-order valence-electron chi connectivity index (χ3n) is 3.02. The third-order valence-corrected chi connectivity index (χ3v) is 6.42. The second-order valence-corrected chi connectivity index (χ2v) is 7.41. The summed E-state index contributed by atoms with van der Waals surface area (Å²) in [6.45, 7) is 5.17. The summed E-state index contributed by atoms with van der Waals surface area (Å²) in [4.78, 5) is 4.89. The summed E-state index contributed by atoms with van der Waals surface area (Å²) in [6.07, 6.45) is 2.77. The Morgan fingerprint density at radius 1 is 0.857 bits per heavy atom. The maximum absolute atomic E-state index is 2.44. The molecular formula is C10H20N2S2. The molecular weight excluding hydrogens is 212 g/mol. The minimum Gasteiger partial charge on any atom is -0.305 e. The average molecular weight is 232 g/mol. The Kier molecular flexibility index (Phi) is 4.05. The third kappa shape index (κ3) is 3.05. The van der Waals surface area contributed by atoms with E-state index < -0.39 is 0 Å². The minimum atomic E-state index is 0.885. The molecule has 2 heterocycles. The van der Waals surface area contributed by atoms with Crippen molar-refractivity contribution < 1.29 is 0 Å². The number of nitrogens with zero attached hydrogens (tertiary/aromatic N) is 2. The van der Waals surface area contributed by atoms with Crippen LogP contribution in [-0.4, -0.2) is 60.6 Å². The molecule has 0 saturated carbocycles. The van der Waals surface area contributed by atoms with Crippen molar-refractivity contribution in [1.29, 1.82) is 0 Å². The highest BCUT2D eigenvalue weighted by atomic mass is 33.1. The van der Waals surface area contributed by atoms with E-state index in [4.69, 9.17) is 0 Å². The summed E-state index contributed by atoms with van der Waals surface area (Å²) in [5.74, 6) is 0. The fourth-order valence-corrected chi connectivity index (χ4v) is 5.34. The molecule has 2 saturated heterocycles. The van der Waals surface area contributed by atoms with Crippen LogP contribution in [-0.2, 0) is 0 Å². The van der Waals surface area contributed by atoms with Crippen molar-refractivity contribution in [2.24, 2.45) is 0 Å². The molecule has 2 aliphatic rings. The van der Waals surface area contributed by atoms with Crippen LogP contribution in [0.4, 0.5) is 0 Å². The van der Waals surface area contributed by atoms with Crippen LogP contribution < -0.4 is 0 Å². The van der Waals surface area contributed by atoms with Gasteiger partial charge in [0, 0.05) is 23.6 Å². The van der Waals surface area contributed by atoms with Gasteiger partial charge in [-0.1, -0.05) is 21.6 Å². The van der Waals surface area contributed by atoms with Gasteiger partial charge in [0.25, 0.3) is 0 Å². The molecule has 0 spiro atoms. The van der Waals surface area contributed by atoms with Crippen molar-refractivity contribution >= 4 is 21.6 Å². The highest BCUT2D eigenvalue weighted by Crippen LogP contribution is 2.38. The SMILES string of the molecule is CN1CC[C@@H](SS[C@H]2CCN(C)C2)C1. The van der Waals surface area contributed by atoms with Crippen LogP contribution in [0.15, 0.2) is 0 Å². The summed E-state index contributed by atoms with van der Waals surface area (Å²) in [5.41, 5.74) is 0. The molecule has 2 rings (SSSR count). The Morgan fingerprint density at radius 2 is 1.29 bits per heavy atom. The highest BCUT2D eigenvalue weighted by molar-refractivity contribution is 8.77. The summed E-state index contributed by atoms with van der Waals surface area (Å²) >= 11 is 0. The lowest BCUT2D eigenvalue weighted by Gasteiger charge is -2.13. The quantitative estimate of drug-likeness (QED) is 0.684. The molecule has 0 N–H and O–H groups in total. The van der Waals surface area contributed by atoms with Gasteiger partial charge in [-0.25, -0.2) is 0 Å². The van der Waals surface area contributed by atoms with E-state index in [0.29, 0.717) is 0 Å². The Hall–Kier alpha value is 0.620. The number of hydrogen-bond acceptors (Lipinski definition) is 4. The fraction of sp³-hybridized carbons (Fsp3) is 1.00. The van der Waals surface area contributed by atoms with E-state index in [1.54, 1.807) is 0 Å². The first kappa shape index (κ1) is 11.1. The first-order chi connectivity index (χ1) is 6.74. The molecule has 0 aromatic rings. The molecule has 0 bridgehead atoms. The molecule has 2 atom stereocenters. The Balaban J connectivity index is 1.63. The molecule has 0 amide bonds. The molecule has 2 fully saturated rings. The van der Waals surface area contributed by atoms with E-state index in [0.717, 1.165) is 10.5 Å². The summed E-state index contributed by atoms with van der Waals surface area (Å²) in [5, 5.41) is 1.77. The molecule has 2 aliphatic heterocycles. The van der Waals surface area contributed by atoms with Gasteiger partial charge in [0.15, 0.2) is 0 Å². The zero-order valence-electron chi connectivity index (χ0n) is 9.11. The van der Waals surface area contributed by atoms with Crippen LogP contribution >= 0.6 is 21.6 Å². The van der Waals surface area contributed by atoms with Gasteiger partial charge in [-0.15, -0.1) is 0 Å². The van der Waals surface area contributed by atoms with E-state index in [2.05, 4.69) is 45.5 Å². The van der Waals surface area contributed by atoms with E-state index in [1.807, 2.05) is 0 Å². The fourth-order valence-electron chi connectivity index (χ4n) is 2.10. The lowest BCUT2D eigenvalue weighted by molar-refractivity contribution is 0.419. The first-order valence-electron chi connectivity index (χ1n) is 5.43. The molecule has 0 aliphatic carbocycles. The predicted molar refractivity (Wildman–Crippen MR) is 67.0 cm³/mol. The standard InChI is InChI=1S/C10H20N2S2/c1-11-5-3-9(7-11)13-14-10-4-6-12(2)8-10/h9-10H,3-8H2,1-2H3/t9-,10+. The molecule has 0 unspecified atom stereocenters. The van der Waals surface area contributed by atoms with Gasteiger partial charge >= 0.3 is 0 Å². The largest absolute Gasteiger partial charge is 0.305 e. The number of rotatable bonds is 3. The van der Waals surface area contributed by atoms with Crippen molar-refractivity contribution in [1.82, 2.24) is 9.80 Å². The van der Waals surface area contributed by atoms with Gasteiger partial charge in [-0.2, -0.15) is 0 Å². The van der Waals surface area contributed by atoms with Gasteiger partial charge in [0.1, 0.15) is 0 Å². The Morgan fingerprint density at radius 3 is 1.57 bits per heavy atom. The average Bonchev–Trinajstić information content (AvgIpc) is 2.72. The van der Waals surface area contributed by atoms with E-state index in [9.17, 15) is 0 Å². The van der Waals surface area contributed by atoms with Crippen LogP contribution in [0.3, 0.4) is 0 Å². The number of hydrogen-bond donors (Lipinski definition) is 0. The zero-order chi connectivity index (χ0) is 9.97. The second kappa shape index (κ2) is 5.10. The maximum Gasteiger partial charge on any atom is 0.0291 e. The smallest absolute Gasteiger partial charge is 0.0291 e. The molecule has 0 aromatic heterocycles. The minimum absolute atomic E-state index is 0.885. The lowest BCUT2D eigenvalue weighted by atomic mass is 10.4. The summed E-state index contributed by atoms with van der Waals surface area (Å²) in [6, 6.07) is 0. The van der Waals surface area contributed by atoms with Crippen LogP contribution in [0.2, 0.25) is 0 Å². The van der Waals surface area contributed by atoms with Crippen molar-refractivity contribution in [2.45, 2.75) is 23.3 Å². The predicted octanol–water partition coefficient (Wildman–Crippen LogP) is 1.78. The zero-order valence-corrected chi connectivity index (χ0v) is 10.7. The van der Waals surface area contributed by atoms with Gasteiger partial charge in [-0.05, 0) is 40.0 Å². The van der Waals surface area contributed by atoms with Gasteiger partial charge < -0.3 is 9.80 Å². The van der Waals surface area contributed by atoms with Crippen LogP contribution in [0.5, 0.6) is 0 Å². The van der Waals surface area contributed by atoms with Crippen LogP contribution in [0.25, 0.3) is 0 Å². The monoisotopic (exact) mass is 232 g/mol. The van der Waals surface area contributed by atoms with Gasteiger partial charge in [0.05, 0.1) is 0 Å². The Labute approximate surface area is 95.2 Å². The number of likely N-dealkylation sites (tertiary alicyclic amines) is 2. The maximum atomic E-state index is 2.44. The molecule has 14 heavy (non-hydrogen) atoms. The van der Waals surface area contributed by atoms with Crippen molar-refractivity contribution in [3.05, 3.63) is 0 Å². The molecule has 4 heteroatoms. The molecule has 82 valence electrons. The van der Waals surface area contributed by atoms with Gasteiger partial charge in [0.2, 0.25) is 0 Å². The summed E-state index contributed by atoms with van der Waals surface area (Å²) in [7, 11) is 8.73. The van der Waals surface area contributed by atoms with Crippen molar-refractivity contribution in [3.8, 4) is 0 Å². The lowest BCUT2D eigenvalue weighted by Crippen LogP contribution is -2.16. The van der Waals surface area contributed by atoms with E-state index in [1.165, 1.54) is 39.0 Å². The Bertz CT molecular complexity index is 169. The first-order valence-corrected chi connectivity index (χ1v) is 7.71. The molecule has 2 nitrogen and oxygen atoms in total. The normalized spacial score (nSPS) is 35.6. The van der Waals surface area contributed by atoms with Crippen molar-refractivity contribution in [3.63, 3.8) is 0 Å². The summed E-state index contributed by atoms with van der Waals surface area (Å²) < 4.78 is 0.